The van der Waals surface area contributed by atoms with Gasteiger partial charge in [0.1, 0.15) is 11.5 Å². The highest BCUT2D eigenvalue weighted by atomic mass is 127. The van der Waals surface area contributed by atoms with Gasteiger partial charge in [0, 0.05) is 6.54 Å². The standard InChI is InChI=1S/C18H23F3N4O2.HI/c1-4-22-17(24-10-16-25-12(2)13(3)27-16)23-9-14-6-5-7-15(8-14)26-11-18(19,20)21;/h5-8H,4,9-11H2,1-3H3,(H2,22,23,24);1H. The Morgan fingerprint density at radius 1 is 1.25 bits per heavy atom. The van der Waals surface area contributed by atoms with Crippen molar-refractivity contribution in [3.8, 4) is 5.75 Å². The molecule has 0 fully saturated rings. The molecule has 0 bridgehead atoms. The molecule has 0 aliphatic carbocycles. The third-order valence-electron chi connectivity index (χ3n) is 3.54. The van der Waals surface area contributed by atoms with Gasteiger partial charge in [-0.3, -0.25) is 0 Å². The number of guanidine groups is 1. The molecule has 0 atom stereocenters. The number of ether oxygens (including phenoxy) is 1. The number of benzene rings is 1. The zero-order chi connectivity index (χ0) is 19.9. The Morgan fingerprint density at radius 3 is 2.61 bits per heavy atom. The van der Waals surface area contributed by atoms with Crippen LogP contribution in [0.15, 0.2) is 33.7 Å². The lowest BCUT2D eigenvalue weighted by Gasteiger charge is -2.11. The molecular weight excluding hydrogens is 488 g/mol. The molecule has 0 radical (unpaired) electrons. The molecule has 2 aromatic rings. The third-order valence-corrected chi connectivity index (χ3v) is 3.54. The molecule has 2 rings (SSSR count). The van der Waals surface area contributed by atoms with Crippen LogP contribution >= 0.6 is 24.0 Å². The SMILES string of the molecule is CCNC(=NCc1cccc(OCC(F)(F)F)c1)NCc1nc(C)c(C)o1.I. The second kappa shape index (κ2) is 11.1. The average Bonchev–Trinajstić information content (AvgIpc) is 2.93. The van der Waals surface area contributed by atoms with E-state index < -0.39 is 12.8 Å². The molecule has 0 unspecified atom stereocenters. The largest absolute Gasteiger partial charge is 0.484 e. The maximum atomic E-state index is 12.3. The fourth-order valence-corrected chi connectivity index (χ4v) is 2.18. The Labute approximate surface area is 179 Å². The van der Waals surface area contributed by atoms with Crippen molar-refractivity contribution in [1.29, 1.82) is 0 Å². The van der Waals surface area contributed by atoms with E-state index >= 15 is 0 Å². The lowest BCUT2D eigenvalue weighted by atomic mass is 10.2. The fourth-order valence-electron chi connectivity index (χ4n) is 2.18. The van der Waals surface area contributed by atoms with Gasteiger partial charge in [-0.25, -0.2) is 9.98 Å². The summed E-state index contributed by atoms with van der Waals surface area (Å²) in [5, 5.41) is 6.20. The molecule has 6 nitrogen and oxygen atoms in total. The number of halogens is 4. The van der Waals surface area contributed by atoms with Crippen molar-refractivity contribution in [3.63, 3.8) is 0 Å². The van der Waals surface area contributed by atoms with Crippen LogP contribution in [0.1, 0.15) is 29.8 Å². The van der Waals surface area contributed by atoms with E-state index in [0.29, 0.717) is 24.9 Å². The summed E-state index contributed by atoms with van der Waals surface area (Å²) in [4.78, 5) is 8.72. The Kier molecular flexibility index (Phi) is 9.56. The third kappa shape index (κ3) is 8.36. The summed E-state index contributed by atoms with van der Waals surface area (Å²) in [5.41, 5.74) is 1.57. The monoisotopic (exact) mass is 512 g/mol. The number of nitrogens with zero attached hydrogens (tertiary/aromatic N) is 2. The molecule has 0 aliphatic heterocycles. The zero-order valence-electron chi connectivity index (χ0n) is 15.9. The number of alkyl halides is 3. The summed E-state index contributed by atoms with van der Waals surface area (Å²) < 4.78 is 47.0. The van der Waals surface area contributed by atoms with Gasteiger partial charge in [-0.2, -0.15) is 13.2 Å². The molecule has 0 saturated heterocycles. The second-order valence-electron chi connectivity index (χ2n) is 5.85. The van der Waals surface area contributed by atoms with Crippen LogP contribution in [-0.4, -0.2) is 30.3 Å². The highest BCUT2D eigenvalue weighted by Crippen LogP contribution is 2.19. The van der Waals surface area contributed by atoms with Gasteiger partial charge in [-0.15, -0.1) is 24.0 Å². The topological polar surface area (TPSA) is 71.7 Å². The minimum absolute atomic E-state index is 0. The van der Waals surface area contributed by atoms with Crippen molar-refractivity contribution < 1.29 is 22.3 Å². The lowest BCUT2D eigenvalue weighted by molar-refractivity contribution is -0.153. The zero-order valence-corrected chi connectivity index (χ0v) is 18.2. The highest BCUT2D eigenvalue weighted by molar-refractivity contribution is 14.0. The minimum atomic E-state index is -4.37. The fraction of sp³-hybridized carbons (Fsp3) is 0.444. The number of oxazole rings is 1. The van der Waals surface area contributed by atoms with Gasteiger partial charge in [0.25, 0.3) is 0 Å². The quantitative estimate of drug-likeness (QED) is 0.332. The Balaban J connectivity index is 0.00000392. The maximum absolute atomic E-state index is 12.3. The molecular formula is C18H24F3IN4O2. The lowest BCUT2D eigenvalue weighted by Crippen LogP contribution is -2.36. The van der Waals surface area contributed by atoms with E-state index in [1.807, 2.05) is 20.8 Å². The van der Waals surface area contributed by atoms with E-state index in [-0.39, 0.29) is 36.3 Å². The van der Waals surface area contributed by atoms with Gasteiger partial charge >= 0.3 is 6.18 Å². The summed E-state index contributed by atoms with van der Waals surface area (Å²) in [6.45, 7) is 5.64. The molecule has 0 amide bonds. The average molecular weight is 512 g/mol. The first-order valence-corrected chi connectivity index (χ1v) is 8.50. The van der Waals surface area contributed by atoms with Crippen LogP contribution in [0.5, 0.6) is 5.75 Å². The number of aryl methyl sites for hydroxylation is 2. The smallest absolute Gasteiger partial charge is 0.422 e. The van der Waals surface area contributed by atoms with Crippen LogP contribution in [0.4, 0.5) is 13.2 Å². The number of hydrogen-bond donors (Lipinski definition) is 2. The van der Waals surface area contributed by atoms with Crippen LogP contribution < -0.4 is 15.4 Å². The first-order valence-electron chi connectivity index (χ1n) is 8.50. The van der Waals surface area contributed by atoms with Gasteiger partial charge in [-0.05, 0) is 38.5 Å². The number of rotatable bonds is 7. The van der Waals surface area contributed by atoms with Gasteiger partial charge in [0.2, 0.25) is 5.89 Å². The van der Waals surface area contributed by atoms with Crippen molar-refractivity contribution in [2.24, 2.45) is 4.99 Å². The van der Waals surface area contributed by atoms with Crippen LogP contribution in [0, 0.1) is 13.8 Å². The predicted molar refractivity (Wildman–Crippen MR) is 111 cm³/mol. The van der Waals surface area contributed by atoms with Crippen molar-refractivity contribution in [2.75, 3.05) is 13.2 Å². The van der Waals surface area contributed by atoms with Crippen LogP contribution in [-0.2, 0) is 13.1 Å². The van der Waals surface area contributed by atoms with Crippen molar-refractivity contribution >= 4 is 29.9 Å². The highest BCUT2D eigenvalue weighted by Gasteiger charge is 2.28. The predicted octanol–water partition coefficient (Wildman–Crippen LogP) is 4.11. The van der Waals surface area contributed by atoms with Crippen molar-refractivity contribution in [3.05, 3.63) is 47.2 Å². The van der Waals surface area contributed by atoms with E-state index in [1.54, 1.807) is 18.2 Å². The first kappa shape index (κ1) is 24.1. The van der Waals surface area contributed by atoms with Crippen LogP contribution in [0.2, 0.25) is 0 Å². The number of aromatic nitrogens is 1. The van der Waals surface area contributed by atoms with Crippen molar-refractivity contribution in [2.45, 2.75) is 40.0 Å². The van der Waals surface area contributed by atoms with Crippen LogP contribution in [0.3, 0.4) is 0 Å². The van der Waals surface area contributed by atoms with E-state index in [1.165, 1.54) is 6.07 Å². The molecule has 10 heteroatoms. The minimum Gasteiger partial charge on any atom is -0.484 e. The number of hydrogen-bond acceptors (Lipinski definition) is 4. The van der Waals surface area contributed by atoms with Gasteiger partial charge in [0.15, 0.2) is 12.6 Å². The molecule has 2 N–H and O–H groups in total. The van der Waals surface area contributed by atoms with E-state index in [2.05, 4.69) is 20.6 Å². The molecule has 0 aliphatic rings. The first-order chi connectivity index (χ1) is 12.8. The Bertz CT molecular complexity index is 759. The normalized spacial score (nSPS) is 11.7. The molecule has 156 valence electrons. The molecule has 0 saturated carbocycles. The van der Waals surface area contributed by atoms with E-state index in [4.69, 9.17) is 9.15 Å². The van der Waals surface area contributed by atoms with Crippen LogP contribution in [0.25, 0.3) is 0 Å². The Morgan fingerprint density at radius 2 is 2.00 bits per heavy atom. The molecule has 1 aromatic heterocycles. The van der Waals surface area contributed by atoms with Gasteiger partial charge < -0.3 is 19.8 Å². The number of nitrogens with one attached hydrogen (secondary N) is 2. The van der Waals surface area contributed by atoms with E-state index in [9.17, 15) is 13.2 Å². The summed E-state index contributed by atoms with van der Waals surface area (Å²) >= 11 is 0. The van der Waals surface area contributed by atoms with Gasteiger partial charge in [0.05, 0.1) is 18.8 Å². The van der Waals surface area contributed by atoms with E-state index in [0.717, 1.165) is 17.0 Å². The summed E-state index contributed by atoms with van der Waals surface area (Å²) in [7, 11) is 0. The molecule has 1 heterocycles. The number of aliphatic imine (C=N–C) groups is 1. The summed E-state index contributed by atoms with van der Waals surface area (Å²) in [6.07, 6.45) is -4.37. The molecule has 0 spiro atoms. The molecule has 1 aromatic carbocycles. The molecule has 28 heavy (non-hydrogen) atoms. The summed E-state index contributed by atoms with van der Waals surface area (Å²) in [6, 6.07) is 6.43. The summed E-state index contributed by atoms with van der Waals surface area (Å²) in [5.74, 6) is 2.03. The maximum Gasteiger partial charge on any atom is 0.422 e. The Hall–Kier alpha value is -1.98. The van der Waals surface area contributed by atoms with Gasteiger partial charge in [-0.1, -0.05) is 12.1 Å². The van der Waals surface area contributed by atoms with Crippen molar-refractivity contribution in [1.82, 2.24) is 15.6 Å². The second-order valence-corrected chi connectivity index (χ2v) is 5.85.